The Kier molecular flexibility index (Phi) is 2.31. The van der Waals surface area contributed by atoms with Crippen molar-refractivity contribution in [2.24, 2.45) is 0 Å². The van der Waals surface area contributed by atoms with Gasteiger partial charge in [-0.1, -0.05) is 24.3 Å². The second-order valence-electron chi connectivity index (χ2n) is 3.76. The van der Waals surface area contributed by atoms with Gasteiger partial charge < -0.3 is 15.5 Å². The molecular weight excluding hydrogens is 178 g/mol. The van der Waals surface area contributed by atoms with E-state index in [9.17, 15) is 10.2 Å². The molecule has 1 aliphatic rings. The fourth-order valence-electron chi connectivity index (χ4n) is 2.13. The smallest absolute Gasteiger partial charge is 0.206 e. The van der Waals surface area contributed by atoms with Gasteiger partial charge in [0, 0.05) is 5.56 Å². The molecule has 3 N–H and O–H groups in total. The first-order chi connectivity index (χ1) is 6.66. The van der Waals surface area contributed by atoms with Crippen LogP contribution in [0.4, 0.5) is 0 Å². The van der Waals surface area contributed by atoms with Crippen molar-refractivity contribution in [2.75, 3.05) is 7.05 Å². The van der Waals surface area contributed by atoms with Crippen LogP contribution in [0.15, 0.2) is 24.3 Å². The van der Waals surface area contributed by atoms with Crippen molar-refractivity contribution in [3.05, 3.63) is 35.4 Å². The number of nitrogens with one attached hydrogen (secondary N) is 1. The Hall–Kier alpha value is -0.900. The molecule has 3 heteroatoms. The van der Waals surface area contributed by atoms with Crippen LogP contribution in [0.3, 0.4) is 0 Å². The molecular formula is C11H15NO2. The maximum Gasteiger partial charge on any atom is 0.206 e. The molecule has 2 rings (SSSR count). The Labute approximate surface area is 83.4 Å². The van der Waals surface area contributed by atoms with Crippen molar-refractivity contribution in [2.45, 2.75) is 24.7 Å². The van der Waals surface area contributed by atoms with Crippen LogP contribution < -0.4 is 5.32 Å². The molecule has 1 atom stereocenters. The van der Waals surface area contributed by atoms with Crippen LogP contribution in [0.25, 0.3) is 0 Å². The van der Waals surface area contributed by atoms with E-state index in [4.69, 9.17) is 0 Å². The molecule has 1 aliphatic carbocycles. The monoisotopic (exact) mass is 193 g/mol. The predicted molar refractivity (Wildman–Crippen MR) is 53.7 cm³/mol. The van der Waals surface area contributed by atoms with Crippen molar-refractivity contribution >= 4 is 0 Å². The minimum absolute atomic E-state index is 0.280. The molecule has 1 aromatic carbocycles. The number of benzene rings is 1. The van der Waals surface area contributed by atoms with E-state index in [1.165, 1.54) is 0 Å². The summed E-state index contributed by atoms with van der Waals surface area (Å²) in [6, 6.07) is 7.20. The van der Waals surface area contributed by atoms with Crippen LogP contribution >= 0.6 is 0 Å². The van der Waals surface area contributed by atoms with Gasteiger partial charge in [0.15, 0.2) is 0 Å². The molecule has 0 bridgehead atoms. The normalized spacial score (nSPS) is 24.4. The van der Waals surface area contributed by atoms with Crippen molar-refractivity contribution in [1.29, 1.82) is 0 Å². The average molecular weight is 193 g/mol. The molecule has 0 saturated carbocycles. The highest BCUT2D eigenvalue weighted by molar-refractivity contribution is 5.34. The quantitative estimate of drug-likeness (QED) is 0.564. The molecule has 0 amide bonds. The molecule has 1 aromatic rings. The summed E-state index contributed by atoms with van der Waals surface area (Å²) in [5.41, 5.74) is 1.66. The predicted octanol–water partition coefficient (Wildman–Crippen LogP) is 0.358. The van der Waals surface area contributed by atoms with Crippen LogP contribution in [0.1, 0.15) is 17.5 Å². The van der Waals surface area contributed by atoms with E-state index in [2.05, 4.69) is 5.32 Å². The largest absolute Gasteiger partial charge is 0.361 e. The van der Waals surface area contributed by atoms with Gasteiger partial charge in [-0.15, -0.1) is 0 Å². The zero-order valence-corrected chi connectivity index (χ0v) is 8.20. The van der Waals surface area contributed by atoms with Gasteiger partial charge in [0.25, 0.3) is 0 Å². The molecule has 1 unspecified atom stereocenters. The maximum atomic E-state index is 9.98. The van der Waals surface area contributed by atoms with Crippen molar-refractivity contribution in [1.82, 2.24) is 5.32 Å². The van der Waals surface area contributed by atoms with Gasteiger partial charge >= 0.3 is 0 Å². The van der Waals surface area contributed by atoms with Crippen LogP contribution in [0, 0.1) is 0 Å². The van der Waals surface area contributed by atoms with E-state index in [0.29, 0.717) is 5.56 Å². The lowest BCUT2D eigenvalue weighted by molar-refractivity contribution is -0.197. The molecule has 0 saturated heterocycles. The summed E-state index contributed by atoms with van der Waals surface area (Å²) < 4.78 is 0. The third-order valence-electron chi connectivity index (χ3n) is 2.95. The summed E-state index contributed by atoms with van der Waals surface area (Å²) in [7, 11) is 1.75. The van der Waals surface area contributed by atoms with E-state index in [1.807, 2.05) is 18.2 Å². The molecule has 0 aromatic heterocycles. The SMILES string of the molecule is CNC1CCc2ccccc2C1(O)O. The van der Waals surface area contributed by atoms with Gasteiger partial charge in [-0.2, -0.15) is 0 Å². The van der Waals surface area contributed by atoms with Crippen molar-refractivity contribution in [3.8, 4) is 0 Å². The zero-order chi connectivity index (χ0) is 10.2. The molecule has 0 radical (unpaired) electrons. The zero-order valence-electron chi connectivity index (χ0n) is 8.20. The van der Waals surface area contributed by atoms with Gasteiger partial charge in [0.05, 0.1) is 6.04 Å². The molecule has 14 heavy (non-hydrogen) atoms. The first-order valence-corrected chi connectivity index (χ1v) is 4.86. The second-order valence-corrected chi connectivity index (χ2v) is 3.76. The average Bonchev–Trinajstić information content (AvgIpc) is 2.18. The minimum Gasteiger partial charge on any atom is -0.361 e. The third-order valence-corrected chi connectivity index (χ3v) is 2.95. The minimum atomic E-state index is -1.73. The van der Waals surface area contributed by atoms with E-state index in [-0.39, 0.29) is 6.04 Å². The summed E-state index contributed by atoms with van der Waals surface area (Å²) in [6.07, 6.45) is 1.64. The van der Waals surface area contributed by atoms with Crippen LogP contribution in [-0.2, 0) is 12.2 Å². The Balaban J connectivity index is 2.46. The number of aliphatic hydroxyl groups is 2. The highest BCUT2D eigenvalue weighted by atomic mass is 16.5. The summed E-state index contributed by atoms with van der Waals surface area (Å²) >= 11 is 0. The first kappa shape index (κ1) is 9.65. The van der Waals surface area contributed by atoms with E-state index < -0.39 is 5.79 Å². The van der Waals surface area contributed by atoms with Crippen LogP contribution in [0.2, 0.25) is 0 Å². The molecule has 0 aliphatic heterocycles. The summed E-state index contributed by atoms with van der Waals surface area (Å²) in [5.74, 6) is -1.73. The Morgan fingerprint density at radius 1 is 1.36 bits per heavy atom. The number of hydrogen-bond acceptors (Lipinski definition) is 3. The van der Waals surface area contributed by atoms with E-state index >= 15 is 0 Å². The van der Waals surface area contributed by atoms with Gasteiger partial charge in [0.2, 0.25) is 5.79 Å². The number of aryl methyl sites for hydroxylation is 1. The number of fused-ring (bicyclic) bond motifs is 1. The standard InChI is InChI=1S/C11H15NO2/c1-12-10-7-6-8-4-2-3-5-9(8)11(10,13)14/h2-5,10,12-14H,6-7H2,1H3. The number of hydrogen-bond donors (Lipinski definition) is 3. The lowest BCUT2D eigenvalue weighted by Crippen LogP contribution is -2.50. The summed E-state index contributed by atoms with van der Waals surface area (Å²) in [6.45, 7) is 0. The fraction of sp³-hybridized carbons (Fsp3) is 0.455. The molecule has 0 spiro atoms. The Morgan fingerprint density at radius 3 is 2.79 bits per heavy atom. The van der Waals surface area contributed by atoms with Gasteiger partial charge in [-0.3, -0.25) is 0 Å². The van der Waals surface area contributed by atoms with Crippen molar-refractivity contribution < 1.29 is 10.2 Å². The maximum absolute atomic E-state index is 9.98. The first-order valence-electron chi connectivity index (χ1n) is 4.86. The van der Waals surface area contributed by atoms with E-state index in [1.54, 1.807) is 13.1 Å². The van der Waals surface area contributed by atoms with Crippen LogP contribution in [-0.4, -0.2) is 23.3 Å². The molecule has 76 valence electrons. The van der Waals surface area contributed by atoms with E-state index in [0.717, 1.165) is 18.4 Å². The number of rotatable bonds is 1. The van der Waals surface area contributed by atoms with Gasteiger partial charge in [0.1, 0.15) is 0 Å². The fourth-order valence-corrected chi connectivity index (χ4v) is 2.13. The topological polar surface area (TPSA) is 52.5 Å². The summed E-state index contributed by atoms with van der Waals surface area (Å²) in [4.78, 5) is 0. The van der Waals surface area contributed by atoms with Crippen molar-refractivity contribution in [3.63, 3.8) is 0 Å². The van der Waals surface area contributed by atoms with Crippen LogP contribution in [0.5, 0.6) is 0 Å². The highest BCUT2D eigenvalue weighted by Crippen LogP contribution is 2.32. The molecule has 3 nitrogen and oxygen atoms in total. The lowest BCUT2D eigenvalue weighted by Gasteiger charge is -2.36. The highest BCUT2D eigenvalue weighted by Gasteiger charge is 2.39. The van der Waals surface area contributed by atoms with Gasteiger partial charge in [-0.05, 0) is 25.5 Å². The molecule has 0 fully saturated rings. The number of likely N-dealkylation sites (N-methyl/N-ethyl adjacent to an activating group) is 1. The Bertz CT molecular complexity index is 336. The van der Waals surface area contributed by atoms with Gasteiger partial charge in [-0.25, -0.2) is 0 Å². The Morgan fingerprint density at radius 2 is 2.07 bits per heavy atom. The third kappa shape index (κ3) is 1.34. The second kappa shape index (κ2) is 3.35. The molecule has 0 heterocycles. The lowest BCUT2D eigenvalue weighted by atomic mass is 9.83. The summed E-state index contributed by atoms with van der Waals surface area (Å²) in [5, 5.41) is 22.9.